The van der Waals surface area contributed by atoms with Crippen LogP contribution in [0.15, 0.2) is 36.4 Å². The van der Waals surface area contributed by atoms with Crippen molar-refractivity contribution < 1.29 is 19.4 Å². The molecule has 39 heavy (non-hydrogen) atoms. The number of rotatable bonds is 5. The molecule has 0 unspecified atom stereocenters. The number of anilines is 1. The fourth-order valence-electron chi connectivity index (χ4n) is 7.05. The first kappa shape index (κ1) is 25.9. The fourth-order valence-corrected chi connectivity index (χ4v) is 7.05. The minimum Gasteiger partial charge on any atom is -0.478 e. The van der Waals surface area contributed by atoms with Gasteiger partial charge in [-0.25, -0.2) is 4.79 Å². The van der Waals surface area contributed by atoms with Gasteiger partial charge in [-0.15, -0.1) is 0 Å². The van der Waals surface area contributed by atoms with E-state index in [0.29, 0.717) is 31.1 Å². The smallest absolute Gasteiger partial charge is 0.335 e. The van der Waals surface area contributed by atoms with E-state index >= 15 is 0 Å². The van der Waals surface area contributed by atoms with Crippen LogP contribution in [0.5, 0.6) is 0 Å². The number of fused-ring (bicyclic) bond motifs is 5. The number of amides is 1. The maximum absolute atomic E-state index is 13.5. The van der Waals surface area contributed by atoms with Crippen molar-refractivity contribution in [2.45, 2.75) is 70.4 Å². The highest BCUT2D eigenvalue weighted by molar-refractivity contribution is 6.00. The third-order valence-electron chi connectivity index (χ3n) is 9.16. The summed E-state index contributed by atoms with van der Waals surface area (Å²) >= 11 is 0. The van der Waals surface area contributed by atoms with E-state index in [1.165, 1.54) is 41.5 Å². The summed E-state index contributed by atoms with van der Waals surface area (Å²) in [5, 5.41) is 11.0. The van der Waals surface area contributed by atoms with Crippen LogP contribution in [0.25, 0.3) is 22.2 Å². The zero-order valence-corrected chi connectivity index (χ0v) is 23.1. The number of ether oxygens (including phenoxy) is 1. The van der Waals surface area contributed by atoms with Crippen molar-refractivity contribution in [2.75, 3.05) is 38.2 Å². The van der Waals surface area contributed by atoms with Crippen LogP contribution >= 0.6 is 0 Å². The van der Waals surface area contributed by atoms with Gasteiger partial charge in [0.2, 0.25) is 5.91 Å². The van der Waals surface area contributed by atoms with Gasteiger partial charge >= 0.3 is 5.97 Å². The van der Waals surface area contributed by atoms with E-state index < -0.39 is 5.97 Å². The number of aromatic nitrogens is 1. The molecule has 1 saturated carbocycles. The Morgan fingerprint density at radius 3 is 2.44 bits per heavy atom. The number of nitrogens with zero attached hydrogens (tertiary/aromatic N) is 3. The molecule has 7 heteroatoms. The average Bonchev–Trinajstić information content (AvgIpc) is 3.20. The third kappa shape index (κ3) is 4.82. The molecule has 3 aliphatic rings. The molecule has 0 bridgehead atoms. The molecule has 206 valence electrons. The molecule has 0 spiro atoms. The van der Waals surface area contributed by atoms with Gasteiger partial charge in [-0.2, -0.15) is 0 Å². The monoisotopic (exact) mass is 529 g/mol. The zero-order chi connectivity index (χ0) is 27.1. The maximum Gasteiger partial charge on any atom is 0.335 e. The molecule has 1 aromatic heterocycles. The molecular weight excluding hydrogens is 490 g/mol. The quantitative estimate of drug-likeness (QED) is 0.451. The molecule has 3 aromatic rings. The largest absolute Gasteiger partial charge is 0.478 e. The Morgan fingerprint density at radius 2 is 1.72 bits per heavy atom. The number of carboxylic acids is 1. The minimum atomic E-state index is -0.902. The van der Waals surface area contributed by atoms with Crippen LogP contribution in [-0.2, 0) is 16.1 Å². The molecule has 0 radical (unpaired) electrons. The lowest BCUT2D eigenvalue weighted by atomic mass is 9.81. The molecule has 7 nitrogen and oxygen atoms in total. The highest BCUT2D eigenvalue weighted by Gasteiger charge is 2.32. The van der Waals surface area contributed by atoms with Crippen LogP contribution in [-0.4, -0.2) is 65.8 Å². The highest BCUT2D eigenvalue weighted by Crippen LogP contribution is 2.47. The van der Waals surface area contributed by atoms with Crippen molar-refractivity contribution in [3.8, 4) is 11.3 Å². The lowest BCUT2D eigenvalue weighted by Crippen LogP contribution is -2.46. The summed E-state index contributed by atoms with van der Waals surface area (Å²) < 4.78 is 7.85. The second-order valence-electron chi connectivity index (χ2n) is 11.5. The Hall–Kier alpha value is -3.32. The predicted molar refractivity (Wildman–Crippen MR) is 154 cm³/mol. The van der Waals surface area contributed by atoms with Crippen LogP contribution in [0.2, 0.25) is 0 Å². The molecule has 6 rings (SSSR count). The van der Waals surface area contributed by atoms with Gasteiger partial charge in [-0.3, -0.25) is 4.79 Å². The number of aromatic carboxylic acids is 1. The van der Waals surface area contributed by atoms with Gasteiger partial charge < -0.3 is 24.2 Å². The maximum atomic E-state index is 13.5. The first-order valence-corrected chi connectivity index (χ1v) is 14.5. The number of carbonyl (C=O) groups excluding carboxylic acids is 1. The number of piperidine rings is 1. The number of likely N-dealkylation sites (tertiary alicyclic amines) is 1. The standard InChI is InChI=1S/C32H39N3O4/c1-21-8-10-26-27(18-21)34(20-29(36)33-14-12-24(39-2)13-15-33)16-17-35-28-19-23(32(37)38)9-11-25(28)30(31(26)35)22-6-4-3-5-7-22/h8-11,18-19,22,24H,3-7,12-17,20H2,1-2H3,(H,37,38). The summed E-state index contributed by atoms with van der Waals surface area (Å²) in [6.45, 7) is 5.32. The van der Waals surface area contributed by atoms with E-state index in [2.05, 4.69) is 34.6 Å². The molecule has 1 N–H and O–H groups in total. The first-order chi connectivity index (χ1) is 18.9. The van der Waals surface area contributed by atoms with Crippen LogP contribution in [0.3, 0.4) is 0 Å². The summed E-state index contributed by atoms with van der Waals surface area (Å²) in [7, 11) is 1.75. The number of carboxylic acid groups (broad SMARTS) is 1. The van der Waals surface area contributed by atoms with E-state index in [4.69, 9.17) is 4.74 Å². The van der Waals surface area contributed by atoms with Crippen molar-refractivity contribution >= 4 is 28.5 Å². The SMILES string of the molecule is COC1CCN(C(=O)CN2CCn3c(c(C4CCCCC4)c4ccc(C(=O)O)cc43)-c3ccc(C)cc32)CC1. The molecular formula is C32H39N3O4. The molecule has 2 aromatic carbocycles. The fraction of sp³-hybridized carbons (Fsp3) is 0.500. The molecule has 1 aliphatic carbocycles. The normalized spacial score (nSPS) is 18.6. The number of hydrogen-bond donors (Lipinski definition) is 1. The number of hydrogen-bond acceptors (Lipinski definition) is 4. The van der Waals surface area contributed by atoms with Gasteiger partial charge in [0.1, 0.15) is 0 Å². The molecule has 1 amide bonds. The van der Waals surface area contributed by atoms with Crippen molar-refractivity contribution in [1.82, 2.24) is 9.47 Å². The Morgan fingerprint density at radius 1 is 0.949 bits per heavy atom. The number of carbonyl (C=O) groups is 2. The topological polar surface area (TPSA) is 75.0 Å². The lowest BCUT2D eigenvalue weighted by molar-refractivity contribution is -0.132. The molecule has 0 atom stereocenters. The molecule has 2 aliphatic heterocycles. The Labute approximate surface area is 230 Å². The van der Waals surface area contributed by atoms with Gasteiger partial charge in [-0.05, 0) is 67.9 Å². The average molecular weight is 530 g/mol. The zero-order valence-electron chi connectivity index (χ0n) is 23.1. The molecule has 3 heterocycles. The molecule has 2 fully saturated rings. The Balaban J connectivity index is 1.44. The number of aryl methyl sites for hydroxylation is 1. The predicted octanol–water partition coefficient (Wildman–Crippen LogP) is 5.82. The van der Waals surface area contributed by atoms with Gasteiger partial charge in [0.25, 0.3) is 0 Å². The van der Waals surface area contributed by atoms with Crippen molar-refractivity contribution in [3.63, 3.8) is 0 Å². The summed E-state index contributed by atoms with van der Waals surface area (Å²) in [6, 6.07) is 12.2. The van der Waals surface area contributed by atoms with Crippen LogP contribution in [0.1, 0.15) is 72.3 Å². The van der Waals surface area contributed by atoms with Gasteiger partial charge in [0.05, 0.1) is 23.9 Å². The van der Waals surface area contributed by atoms with Crippen molar-refractivity contribution in [3.05, 3.63) is 53.1 Å². The van der Waals surface area contributed by atoms with Gasteiger partial charge in [-0.1, -0.05) is 37.5 Å². The highest BCUT2D eigenvalue weighted by atomic mass is 16.5. The summed E-state index contributed by atoms with van der Waals surface area (Å²) in [5.41, 5.74) is 7.31. The van der Waals surface area contributed by atoms with Crippen molar-refractivity contribution in [1.29, 1.82) is 0 Å². The lowest BCUT2D eigenvalue weighted by Gasteiger charge is -2.33. The first-order valence-electron chi connectivity index (χ1n) is 14.5. The van der Waals surface area contributed by atoms with E-state index in [9.17, 15) is 14.7 Å². The second-order valence-corrected chi connectivity index (χ2v) is 11.5. The third-order valence-corrected chi connectivity index (χ3v) is 9.16. The van der Waals surface area contributed by atoms with Crippen LogP contribution in [0.4, 0.5) is 5.69 Å². The minimum absolute atomic E-state index is 0.161. The van der Waals surface area contributed by atoms with Gasteiger partial charge in [0.15, 0.2) is 0 Å². The molecule has 1 saturated heterocycles. The van der Waals surface area contributed by atoms with Crippen molar-refractivity contribution in [2.24, 2.45) is 0 Å². The Kier molecular flexibility index (Phi) is 7.10. The summed E-state index contributed by atoms with van der Waals surface area (Å²) in [4.78, 5) is 29.6. The summed E-state index contributed by atoms with van der Waals surface area (Å²) in [6.07, 6.45) is 8.06. The van der Waals surface area contributed by atoms with Gasteiger partial charge in [0, 0.05) is 55.4 Å². The van der Waals surface area contributed by atoms with E-state index in [0.717, 1.165) is 55.5 Å². The number of methoxy groups -OCH3 is 1. The Bertz CT molecular complexity index is 1400. The second kappa shape index (κ2) is 10.7. The van der Waals surface area contributed by atoms with E-state index in [1.807, 2.05) is 17.0 Å². The van der Waals surface area contributed by atoms with E-state index in [-0.39, 0.29) is 12.0 Å². The number of benzene rings is 2. The van der Waals surface area contributed by atoms with Crippen LogP contribution < -0.4 is 4.90 Å². The summed E-state index contributed by atoms with van der Waals surface area (Å²) in [5.74, 6) is -0.285. The van der Waals surface area contributed by atoms with E-state index in [1.54, 1.807) is 13.2 Å². The van der Waals surface area contributed by atoms with Crippen LogP contribution in [0, 0.1) is 6.92 Å².